The van der Waals surface area contributed by atoms with E-state index in [0.717, 1.165) is 0 Å². The van der Waals surface area contributed by atoms with Crippen LogP contribution < -0.4 is 4.52 Å². The van der Waals surface area contributed by atoms with E-state index in [1.807, 2.05) is 0 Å². The highest BCUT2D eigenvalue weighted by Gasteiger charge is 1.93. The fourth-order valence-corrected chi connectivity index (χ4v) is 0.797. The third-order valence-electron chi connectivity index (χ3n) is 0.830. The lowest BCUT2D eigenvalue weighted by atomic mass is 10.5. The van der Waals surface area contributed by atoms with Crippen LogP contribution in [0.3, 0.4) is 0 Å². The summed E-state index contributed by atoms with van der Waals surface area (Å²) in [4.78, 5) is 12.0. The Morgan fingerprint density at radius 2 is 2.40 bits per heavy atom. The monoisotopic (exact) mass is 159 g/mol. The van der Waals surface area contributed by atoms with Crippen molar-refractivity contribution in [2.45, 2.75) is 0 Å². The molecule has 0 aliphatic carbocycles. The van der Waals surface area contributed by atoms with Gasteiger partial charge in [0.05, 0.1) is 0 Å². The minimum Gasteiger partial charge on any atom is -0.408 e. The Bertz CT molecular complexity index is 226. The van der Waals surface area contributed by atoms with Crippen LogP contribution in [-0.4, -0.2) is 9.88 Å². The Hall–Kier alpha value is -0.860. The lowest BCUT2D eigenvalue weighted by Gasteiger charge is -1.96. The molecular formula is C5H6NO3P. The fraction of sp³-hybridized carbons (Fsp3) is 0. The molecule has 0 aromatic carbocycles. The average Bonchev–Trinajstić information content (AvgIpc) is 1.88. The van der Waals surface area contributed by atoms with Gasteiger partial charge in [0.25, 0.3) is 0 Å². The second kappa shape index (κ2) is 3.34. The molecule has 1 unspecified atom stereocenters. The van der Waals surface area contributed by atoms with E-state index in [-0.39, 0.29) is 5.88 Å². The Morgan fingerprint density at radius 3 is 2.90 bits per heavy atom. The van der Waals surface area contributed by atoms with Crippen molar-refractivity contribution in [1.29, 1.82) is 0 Å². The Morgan fingerprint density at radius 1 is 1.60 bits per heavy atom. The standard InChI is InChI=1S/C5H6NO3P/c7-10(8)9-5-3-1-2-4-6-5/h1-4,10H,(H,7,8). The van der Waals surface area contributed by atoms with Crippen LogP contribution in [0.2, 0.25) is 0 Å². The van der Waals surface area contributed by atoms with Gasteiger partial charge in [-0.15, -0.1) is 0 Å². The van der Waals surface area contributed by atoms with E-state index in [4.69, 9.17) is 4.89 Å². The van der Waals surface area contributed by atoms with Gasteiger partial charge in [0.1, 0.15) is 0 Å². The molecule has 1 aromatic rings. The van der Waals surface area contributed by atoms with Crippen LogP contribution in [0.4, 0.5) is 0 Å². The molecule has 0 fully saturated rings. The predicted octanol–water partition coefficient (Wildman–Crippen LogP) is 0.842. The van der Waals surface area contributed by atoms with Crippen molar-refractivity contribution in [3.05, 3.63) is 24.4 Å². The molecular weight excluding hydrogens is 153 g/mol. The lowest BCUT2D eigenvalue weighted by molar-refractivity contribution is 0.404. The molecule has 0 saturated carbocycles. The van der Waals surface area contributed by atoms with Gasteiger partial charge >= 0.3 is 8.25 Å². The summed E-state index contributed by atoms with van der Waals surface area (Å²) in [5.74, 6) is 0.175. The van der Waals surface area contributed by atoms with Crippen LogP contribution in [0.15, 0.2) is 24.4 Å². The zero-order valence-electron chi connectivity index (χ0n) is 5.02. The molecule has 1 atom stereocenters. The third-order valence-corrected chi connectivity index (χ3v) is 1.21. The number of hydrogen-bond acceptors (Lipinski definition) is 3. The molecule has 0 amide bonds. The van der Waals surface area contributed by atoms with Crippen molar-refractivity contribution in [1.82, 2.24) is 4.98 Å². The van der Waals surface area contributed by atoms with Gasteiger partial charge in [0, 0.05) is 12.3 Å². The van der Waals surface area contributed by atoms with Crippen molar-refractivity contribution < 1.29 is 14.0 Å². The van der Waals surface area contributed by atoms with Gasteiger partial charge in [-0.3, -0.25) is 0 Å². The molecule has 54 valence electrons. The predicted molar refractivity (Wildman–Crippen MR) is 36.1 cm³/mol. The van der Waals surface area contributed by atoms with Gasteiger partial charge in [-0.1, -0.05) is 6.07 Å². The summed E-state index contributed by atoms with van der Waals surface area (Å²) in [5, 5.41) is 0. The molecule has 0 spiro atoms. The molecule has 5 heteroatoms. The third kappa shape index (κ3) is 2.17. The van der Waals surface area contributed by atoms with Crippen LogP contribution in [0, 0.1) is 0 Å². The topological polar surface area (TPSA) is 59.4 Å². The maximum Gasteiger partial charge on any atom is 0.366 e. The quantitative estimate of drug-likeness (QED) is 0.649. The Kier molecular flexibility index (Phi) is 2.42. The van der Waals surface area contributed by atoms with Gasteiger partial charge < -0.3 is 9.42 Å². The molecule has 0 radical (unpaired) electrons. The second-order valence-corrected chi connectivity index (χ2v) is 2.27. The largest absolute Gasteiger partial charge is 0.408 e. The zero-order chi connectivity index (χ0) is 7.40. The molecule has 1 rings (SSSR count). The molecule has 0 bridgehead atoms. The van der Waals surface area contributed by atoms with Gasteiger partial charge in [0.2, 0.25) is 5.88 Å². The van der Waals surface area contributed by atoms with E-state index in [2.05, 4.69) is 9.51 Å². The van der Waals surface area contributed by atoms with Crippen LogP contribution in [0.1, 0.15) is 0 Å². The van der Waals surface area contributed by atoms with Gasteiger partial charge in [-0.05, 0) is 6.07 Å². The number of rotatable bonds is 2. The Balaban J connectivity index is 2.67. The van der Waals surface area contributed by atoms with E-state index in [1.54, 1.807) is 12.1 Å². The maximum absolute atomic E-state index is 10.1. The summed E-state index contributed by atoms with van der Waals surface area (Å²) in [5.41, 5.74) is 0. The lowest BCUT2D eigenvalue weighted by Crippen LogP contribution is -1.81. The van der Waals surface area contributed by atoms with Crippen molar-refractivity contribution in [2.75, 3.05) is 0 Å². The smallest absolute Gasteiger partial charge is 0.366 e. The van der Waals surface area contributed by atoms with Crippen molar-refractivity contribution in [3.63, 3.8) is 0 Å². The molecule has 0 aliphatic rings. The molecule has 0 saturated heterocycles. The van der Waals surface area contributed by atoms with Gasteiger partial charge in [-0.25, -0.2) is 9.55 Å². The first-order chi connectivity index (χ1) is 4.79. The summed E-state index contributed by atoms with van der Waals surface area (Å²) in [7, 11) is -2.90. The summed E-state index contributed by atoms with van der Waals surface area (Å²) in [6.07, 6.45) is 1.49. The van der Waals surface area contributed by atoms with E-state index in [0.29, 0.717) is 0 Å². The molecule has 0 aliphatic heterocycles. The number of nitrogens with zero attached hydrogens (tertiary/aromatic N) is 1. The Labute approximate surface area is 58.4 Å². The van der Waals surface area contributed by atoms with Crippen LogP contribution in [0.25, 0.3) is 0 Å². The summed E-state index contributed by atoms with van der Waals surface area (Å²) in [6, 6.07) is 4.88. The SMILES string of the molecule is O=[PH](O)Oc1ccccn1. The summed E-state index contributed by atoms with van der Waals surface area (Å²) in [6.45, 7) is 0. The number of hydrogen-bond donors (Lipinski definition) is 1. The van der Waals surface area contributed by atoms with E-state index in [1.165, 1.54) is 12.3 Å². The molecule has 1 heterocycles. The van der Waals surface area contributed by atoms with Gasteiger partial charge in [-0.2, -0.15) is 0 Å². The van der Waals surface area contributed by atoms with E-state index in [9.17, 15) is 4.57 Å². The highest BCUT2D eigenvalue weighted by Crippen LogP contribution is 2.18. The zero-order valence-corrected chi connectivity index (χ0v) is 6.02. The van der Waals surface area contributed by atoms with Crippen molar-refractivity contribution in [2.24, 2.45) is 0 Å². The van der Waals surface area contributed by atoms with E-state index >= 15 is 0 Å². The minimum absolute atomic E-state index is 0.175. The summed E-state index contributed by atoms with van der Waals surface area (Å²) >= 11 is 0. The first-order valence-electron chi connectivity index (χ1n) is 2.61. The summed E-state index contributed by atoms with van der Waals surface area (Å²) < 4.78 is 14.5. The van der Waals surface area contributed by atoms with Crippen LogP contribution >= 0.6 is 8.25 Å². The highest BCUT2D eigenvalue weighted by atomic mass is 31.1. The van der Waals surface area contributed by atoms with Crippen LogP contribution in [0.5, 0.6) is 5.88 Å². The average molecular weight is 159 g/mol. The number of pyridine rings is 1. The molecule has 1 aromatic heterocycles. The molecule has 4 nitrogen and oxygen atoms in total. The maximum atomic E-state index is 10.1. The second-order valence-electron chi connectivity index (χ2n) is 1.54. The fourth-order valence-electron chi connectivity index (χ4n) is 0.497. The normalized spacial score (nSPS) is 12.5. The first-order valence-corrected chi connectivity index (χ1v) is 3.87. The van der Waals surface area contributed by atoms with Crippen molar-refractivity contribution in [3.8, 4) is 5.88 Å². The first kappa shape index (κ1) is 7.25. The van der Waals surface area contributed by atoms with E-state index < -0.39 is 8.25 Å². The number of aromatic nitrogens is 1. The van der Waals surface area contributed by atoms with Crippen molar-refractivity contribution >= 4 is 8.25 Å². The molecule has 1 N–H and O–H groups in total. The van der Waals surface area contributed by atoms with Gasteiger partial charge in [0.15, 0.2) is 0 Å². The molecule has 10 heavy (non-hydrogen) atoms. The highest BCUT2D eigenvalue weighted by molar-refractivity contribution is 7.32. The van der Waals surface area contributed by atoms with Crippen LogP contribution in [-0.2, 0) is 4.57 Å². The minimum atomic E-state index is -2.90.